The van der Waals surface area contributed by atoms with Gasteiger partial charge in [-0.15, -0.1) is 23.1 Å². The Morgan fingerprint density at radius 1 is 1.08 bits per heavy atom. The molecule has 2 aromatic rings. The van der Waals surface area contributed by atoms with Crippen LogP contribution in [-0.2, 0) is 27.2 Å². The van der Waals surface area contributed by atoms with E-state index >= 15 is 0 Å². The van der Waals surface area contributed by atoms with E-state index < -0.39 is 0 Å². The van der Waals surface area contributed by atoms with Gasteiger partial charge in [0.25, 0.3) is 0 Å². The number of rotatable bonds is 8. The Labute approximate surface area is 229 Å². The molecule has 0 spiro atoms. The highest BCUT2D eigenvalue weighted by molar-refractivity contribution is 8.00. The molecule has 0 saturated carbocycles. The van der Waals surface area contributed by atoms with Crippen LogP contribution in [0.4, 0.5) is 10.7 Å². The number of hydrogen-bond donors (Lipinski definition) is 2. The number of carbonyl (C=O) groups excluding carboxylic acids is 3. The Bertz CT molecular complexity index is 1140. The Kier molecular flexibility index (Phi) is 9.51. The van der Waals surface area contributed by atoms with Crippen LogP contribution < -0.4 is 10.6 Å². The predicted molar refractivity (Wildman–Crippen MR) is 154 cm³/mol. The standard InChI is InChI=1S/C29H40N2O4S2/c1-8-35-27(34)25-21-13-12-18(29(5,6)7)14-22(21)37-26(25)31-24(33)17-36-20-11-9-10-19(15-20)30-23(32)16-28(2,3)4/h9-11,15,18H,8,12-14,16-17H2,1-7H3,(H,30,32)(H,31,33). The Morgan fingerprint density at radius 3 is 2.46 bits per heavy atom. The van der Waals surface area contributed by atoms with Gasteiger partial charge in [-0.2, -0.15) is 0 Å². The number of ether oxygens (including phenoxy) is 1. The number of amides is 2. The number of fused-ring (bicyclic) bond motifs is 1. The lowest BCUT2D eigenvalue weighted by Gasteiger charge is -2.33. The van der Waals surface area contributed by atoms with E-state index in [0.717, 1.165) is 29.7 Å². The first-order valence-electron chi connectivity index (χ1n) is 12.9. The molecule has 8 heteroatoms. The molecule has 0 aliphatic heterocycles. The largest absolute Gasteiger partial charge is 0.462 e. The quantitative estimate of drug-likeness (QED) is 0.272. The van der Waals surface area contributed by atoms with Crippen LogP contribution >= 0.6 is 23.1 Å². The molecule has 0 saturated heterocycles. The molecule has 1 unspecified atom stereocenters. The smallest absolute Gasteiger partial charge is 0.341 e. The number of anilines is 2. The number of benzene rings is 1. The molecule has 2 N–H and O–H groups in total. The second kappa shape index (κ2) is 12.0. The minimum atomic E-state index is -0.365. The maximum absolute atomic E-state index is 12.9. The first-order chi connectivity index (χ1) is 17.3. The maximum atomic E-state index is 12.9. The van der Waals surface area contributed by atoms with E-state index in [9.17, 15) is 14.4 Å². The van der Waals surface area contributed by atoms with Gasteiger partial charge in [0, 0.05) is 21.9 Å². The molecule has 0 radical (unpaired) electrons. The zero-order valence-corrected chi connectivity index (χ0v) is 24.7. The average molecular weight is 545 g/mol. The molecule has 37 heavy (non-hydrogen) atoms. The molecule has 1 aromatic carbocycles. The van der Waals surface area contributed by atoms with E-state index in [4.69, 9.17) is 4.74 Å². The van der Waals surface area contributed by atoms with E-state index in [-0.39, 0.29) is 34.4 Å². The van der Waals surface area contributed by atoms with Crippen LogP contribution in [0.2, 0.25) is 0 Å². The Morgan fingerprint density at radius 2 is 1.81 bits per heavy atom. The fraction of sp³-hybridized carbons (Fsp3) is 0.552. The summed E-state index contributed by atoms with van der Waals surface area (Å²) < 4.78 is 5.35. The van der Waals surface area contributed by atoms with Gasteiger partial charge in [-0.25, -0.2) is 4.79 Å². The minimum absolute atomic E-state index is 0.0331. The van der Waals surface area contributed by atoms with Gasteiger partial charge < -0.3 is 15.4 Å². The maximum Gasteiger partial charge on any atom is 0.341 e. The summed E-state index contributed by atoms with van der Waals surface area (Å²) in [5, 5.41) is 6.52. The fourth-order valence-electron chi connectivity index (χ4n) is 4.49. The molecule has 202 valence electrons. The van der Waals surface area contributed by atoms with Crippen molar-refractivity contribution in [3.8, 4) is 0 Å². The first-order valence-corrected chi connectivity index (χ1v) is 14.7. The van der Waals surface area contributed by atoms with Crippen LogP contribution in [0.5, 0.6) is 0 Å². The molecule has 3 rings (SSSR count). The molecule has 1 atom stereocenters. The summed E-state index contributed by atoms with van der Waals surface area (Å²) in [5.41, 5.74) is 2.36. The Balaban J connectivity index is 1.68. The van der Waals surface area contributed by atoms with Crippen molar-refractivity contribution in [2.24, 2.45) is 16.7 Å². The zero-order valence-electron chi connectivity index (χ0n) is 23.1. The second-order valence-corrected chi connectivity index (χ2v) is 14.0. The van der Waals surface area contributed by atoms with E-state index in [0.29, 0.717) is 35.2 Å². The summed E-state index contributed by atoms with van der Waals surface area (Å²) in [6.07, 6.45) is 3.18. The Hall–Kier alpha value is -2.32. The molecule has 1 heterocycles. The third-order valence-electron chi connectivity index (χ3n) is 6.40. The van der Waals surface area contributed by atoms with Crippen LogP contribution in [0.3, 0.4) is 0 Å². The SMILES string of the molecule is CCOC(=O)c1c(NC(=O)CSc2cccc(NC(=O)CC(C)(C)C)c2)sc2c1CCC(C(C)(C)C)C2. The number of esters is 1. The van der Waals surface area contributed by atoms with Crippen LogP contribution in [0.25, 0.3) is 0 Å². The van der Waals surface area contributed by atoms with Gasteiger partial charge in [-0.3, -0.25) is 9.59 Å². The molecule has 0 fully saturated rings. The topological polar surface area (TPSA) is 84.5 Å². The molecule has 1 aliphatic rings. The summed E-state index contributed by atoms with van der Waals surface area (Å²) >= 11 is 2.90. The number of nitrogens with one attached hydrogen (secondary N) is 2. The third kappa shape index (κ3) is 8.34. The van der Waals surface area contributed by atoms with Crippen molar-refractivity contribution in [1.29, 1.82) is 0 Å². The molecule has 2 amide bonds. The zero-order chi connectivity index (χ0) is 27.4. The number of hydrogen-bond acceptors (Lipinski definition) is 6. The van der Waals surface area contributed by atoms with Crippen molar-refractivity contribution in [1.82, 2.24) is 0 Å². The monoisotopic (exact) mass is 544 g/mol. The summed E-state index contributed by atoms with van der Waals surface area (Å²) in [5.74, 6) is 0.146. The highest BCUT2D eigenvalue weighted by Crippen LogP contribution is 2.44. The van der Waals surface area contributed by atoms with E-state index in [2.05, 4.69) is 31.4 Å². The van der Waals surface area contributed by atoms with E-state index in [1.165, 1.54) is 28.0 Å². The van der Waals surface area contributed by atoms with Gasteiger partial charge in [-0.05, 0) is 66.7 Å². The fourth-order valence-corrected chi connectivity index (χ4v) is 6.58. The van der Waals surface area contributed by atoms with Crippen LogP contribution in [-0.4, -0.2) is 30.1 Å². The van der Waals surface area contributed by atoms with E-state index in [1.807, 2.05) is 45.0 Å². The summed E-state index contributed by atoms with van der Waals surface area (Å²) in [7, 11) is 0. The molecule has 6 nitrogen and oxygen atoms in total. The van der Waals surface area contributed by atoms with Crippen molar-refractivity contribution in [2.75, 3.05) is 23.0 Å². The normalized spacial score (nSPS) is 15.6. The van der Waals surface area contributed by atoms with Crippen LogP contribution in [0.1, 0.15) is 82.1 Å². The van der Waals surface area contributed by atoms with Crippen molar-refractivity contribution in [3.63, 3.8) is 0 Å². The lowest BCUT2D eigenvalue weighted by atomic mass is 9.72. The van der Waals surface area contributed by atoms with Crippen molar-refractivity contribution in [3.05, 3.63) is 40.3 Å². The van der Waals surface area contributed by atoms with Gasteiger partial charge >= 0.3 is 5.97 Å². The van der Waals surface area contributed by atoms with Gasteiger partial charge in [-0.1, -0.05) is 47.6 Å². The lowest BCUT2D eigenvalue weighted by Crippen LogP contribution is -2.26. The minimum Gasteiger partial charge on any atom is -0.462 e. The molecule has 1 aromatic heterocycles. The molecular formula is C29H40N2O4S2. The third-order valence-corrected chi connectivity index (χ3v) is 8.56. The number of thioether (sulfide) groups is 1. The van der Waals surface area contributed by atoms with Crippen molar-refractivity contribution in [2.45, 2.75) is 79.0 Å². The van der Waals surface area contributed by atoms with Gasteiger partial charge in [0.1, 0.15) is 5.00 Å². The molecule has 1 aliphatic carbocycles. The highest BCUT2D eigenvalue weighted by atomic mass is 32.2. The van der Waals surface area contributed by atoms with Gasteiger partial charge in [0.15, 0.2) is 0 Å². The number of thiophene rings is 1. The molecule has 0 bridgehead atoms. The average Bonchev–Trinajstić information content (AvgIpc) is 3.13. The van der Waals surface area contributed by atoms with Gasteiger partial charge in [0.2, 0.25) is 11.8 Å². The summed E-state index contributed by atoms with van der Waals surface area (Å²) in [4.78, 5) is 40.1. The van der Waals surface area contributed by atoms with Crippen molar-refractivity contribution >= 4 is 51.6 Å². The number of carbonyl (C=O) groups is 3. The van der Waals surface area contributed by atoms with Crippen LogP contribution in [0, 0.1) is 16.7 Å². The summed E-state index contributed by atoms with van der Waals surface area (Å²) in [6, 6.07) is 7.50. The van der Waals surface area contributed by atoms with E-state index in [1.54, 1.807) is 6.92 Å². The molecular weight excluding hydrogens is 504 g/mol. The van der Waals surface area contributed by atoms with Crippen LogP contribution in [0.15, 0.2) is 29.2 Å². The highest BCUT2D eigenvalue weighted by Gasteiger charge is 2.34. The predicted octanol–water partition coefficient (Wildman–Crippen LogP) is 7.18. The van der Waals surface area contributed by atoms with Crippen molar-refractivity contribution < 1.29 is 19.1 Å². The van der Waals surface area contributed by atoms with Gasteiger partial charge in [0.05, 0.1) is 17.9 Å². The lowest BCUT2D eigenvalue weighted by molar-refractivity contribution is -0.118. The first kappa shape index (κ1) is 29.2. The second-order valence-electron chi connectivity index (χ2n) is 11.9. The summed E-state index contributed by atoms with van der Waals surface area (Å²) in [6.45, 7) is 14.9.